The number of ketones is 4. The van der Waals surface area contributed by atoms with Crippen LogP contribution in [0.25, 0.3) is 0 Å². The molecule has 0 amide bonds. The second-order valence-electron chi connectivity index (χ2n) is 8.77. The fraction of sp³-hybridized carbons (Fsp3) is 0.714. The van der Waals surface area contributed by atoms with Crippen LogP contribution in [0.2, 0.25) is 0 Å². The number of Topliss-reactive ketones (excluding diaryl/α,β-unsaturated/α-hetero) is 4. The molecule has 0 aliphatic rings. The second-order valence-corrected chi connectivity index (χ2v) is 8.77. The molecule has 0 rings (SSSR count). The zero-order valence-electron chi connectivity index (χ0n) is 28.6. The van der Waals surface area contributed by atoms with Crippen LogP contribution in [0.1, 0.15) is 51.4 Å². The van der Waals surface area contributed by atoms with Gasteiger partial charge >= 0.3 is 21.7 Å². The van der Waals surface area contributed by atoms with Crippen molar-refractivity contribution in [3.05, 3.63) is 0 Å². The van der Waals surface area contributed by atoms with Crippen molar-refractivity contribution >= 4 is 47.0 Å². The van der Waals surface area contributed by atoms with Gasteiger partial charge in [-0.3, -0.25) is 19.2 Å². The van der Waals surface area contributed by atoms with Crippen molar-refractivity contribution in [1.29, 1.82) is 0 Å². The molecule has 0 heterocycles. The van der Waals surface area contributed by atoms with E-state index in [9.17, 15) is 58.8 Å². The number of rotatable bonds is 24. The number of carbonyl (C=O) groups excluding carboxylic acids is 8. The van der Waals surface area contributed by atoms with E-state index in [1.807, 2.05) is 0 Å². The van der Waals surface area contributed by atoms with Crippen molar-refractivity contribution in [2.45, 2.75) is 76.5 Å². The van der Waals surface area contributed by atoms with Gasteiger partial charge in [-0.25, -0.2) is 0 Å². The molecule has 0 spiro atoms. The normalized spacial score (nSPS) is 10.0. The van der Waals surface area contributed by atoms with Crippen LogP contribution in [-0.4, -0.2) is 129 Å². The molecule has 0 atom stereocenters. The zero-order chi connectivity index (χ0) is 38.2. The Bertz CT molecular complexity index is 804. The summed E-state index contributed by atoms with van der Waals surface area (Å²) in [6, 6.07) is 0. The van der Waals surface area contributed by atoms with E-state index >= 15 is 0 Å². The van der Waals surface area contributed by atoms with Gasteiger partial charge in [-0.1, -0.05) is 0 Å². The summed E-state index contributed by atoms with van der Waals surface area (Å²) in [5, 5.41) is 39.8. The minimum absolute atomic E-state index is 0. The third kappa shape index (κ3) is 41.0. The molecule has 0 aromatic rings. The molecule has 280 valence electrons. The second kappa shape index (κ2) is 36.2. The number of carboxylic acids is 4. The van der Waals surface area contributed by atoms with Gasteiger partial charge in [0.15, 0.2) is 25.2 Å². The summed E-state index contributed by atoms with van der Waals surface area (Å²) in [7, 11) is 11.0. The first-order chi connectivity index (χ1) is 22.4. The third-order valence-electron chi connectivity index (χ3n) is 5.05. The minimum Gasteiger partial charge on any atom is -0.550 e. The third-order valence-corrected chi connectivity index (χ3v) is 5.05. The SMILES string of the molecule is COC(CC(=O)CC(=O)[O-])OC.COC(CC(=O)CC(=O)[O-])OC.COC(CC(=O)CC(=O)[O-])OC.COC(CC(=O)CC(=O)[O-])OC.[Ti+4]. The van der Waals surface area contributed by atoms with E-state index in [2.05, 4.69) is 0 Å². The molecule has 0 bridgehead atoms. The van der Waals surface area contributed by atoms with E-state index in [1.54, 1.807) is 0 Å². The average molecular weight is 749 g/mol. The van der Waals surface area contributed by atoms with Crippen molar-refractivity contribution < 1.29 is 118 Å². The van der Waals surface area contributed by atoms with Gasteiger partial charge in [0.1, 0.15) is 23.1 Å². The predicted octanol–water partition coefficient (Wildman–Crippen LogP) is -5.18. The van der Waals surface area contributed by atoms with Crippen LogP contribution in [0.5, 0.6) is 0 Å². The quantitative estimate of drug-likeness (QED) is 0.0506. The van der Waals surface area contributed by atoms with Crippen molar-refractivity contribution in [3.8, 4) is 0 Å². The number of ether oxygens (including phenoxy) is 8. The Morgan fingerprint density at radius 1 is 0.347 bits per heavy atom. The fourth-order valence-corrected chi connectivity index (χ4v) is 2.73. The Kier molecular flexibility index (Phi) is 41.0. The number of carbonyl (C=O) groups is 8. The fourth-order valence-electron chi connectivity index (χ4n) is 2.73. The molecule has 0 unspecified atom stereocenters. The topological polar surface area (TPSA) is 303 Å². The molecular weight excluding hydrogens is 704 g/mol. The number of aliphatic carboxylic acids is 4. The van der Waals surface area contributed by atoms with Crippen LogP contribution in [0.3, 0.4) is 0 Å². The first-order valence-electron chi connectivity index (χ1n) is 13.5. The largest absolute Gasteiger partial charge is 4.00 e. The molecule has 0 N–H and O–H groups in total. The van der Waals surface area contributed by atoms with E-state index in [0.29, 0.717) is 0 Å². The summed E-state index contributed by atoms with van der Waals surface area (Å²) in [5.74, 6) is -7.41. The molecule has 49 heavy (non-hydrogen) atoms. The summed E-state index contributed by atoms with van der Waals surface area (Å²) in [6.45, 7) is 0. The van der Waals surface area contributed by atoms with Gasteiger partial charge in [-0.15, -0.1) is 0 Å². The monoisotopic (exact) mass is 748 g/mol. The minimum atomic E-state index is -1.38. The van der Waals surface area contributed by atoms with Gasteiger partial charge in [0.2, 0.25) is 0 Å². The molecule has 0 fully saturated rings. The first kappa shape index (κ1) is 55.4. The van der Waals surface area contributed by atoms with E-state index < -0.39 is 97.9 Å². The van der Waals surface area contributed by atoms with Crippen LogP contribution in [0, 0.1) is 0 Å². The Hall–Kier alpha value is -3.05. The molecule has 0 aromatic heterocycles. The number of methoxy groups -OCH3 is 8. The van der Waals surface area contributed by atoms with E-state index in [0.717, 1.165) is 0 Å². The maximum absolute atomic E-state index is 10.8. The smallest absolute Gasteiger partial charge is 0.550 e. The predicted molar refractivity (Wildman–Crippen MR) is 148 cm³/mol. The molecule has 0 radical (unpaired) electrons. The van der Waals surface area contributed by atoms with Gasteiger partial charge in [0.25, 0.3) is 0 Å². The average Bonchev–Trinajstić information content (AvgIpc) is 2.99. The van der Waals surface area contributed by atoms with Crippen molar-refractivity contribution in [1.82, 2.24) is 0 Å². The van der Waals surface area contributed by atoms with Crippen molar-refractivity contribution in [3.63, 3.8) is 0 Å². The molecule has 0 saturated carbocycles. The van der Waals surface area contributed by atoms with Crippen LogP contribution < -0.4 is 20.4 Å². The molecular formula is C28H44O20Ti. The number of carboxylic acid groups (broad SMARTS) is 4. The van der Waals surface area contributed by atoms with Crippen LogP contribution in [0.4, 0.5) is 0 Å². The molecule has 21 heteroatoms. The van der Waals surface area contributed by atoms with Crippen LogP contribution in [0.15, 0.2) is 0 Å². The van der Waals surface area contributed by atoms with Gasteiger partial charge < -0.3 is 77.5 Å². The van der Waals surface area contributed by atoms with Crippen molar-refractivity contribution in [2.75, 3.05) is 56.9 Å². The summed E-state index contributed by atoms with van der Waals surface area (Å²) < 4.78 is 37.6. The number of hydrogen-bond acceptors (Lipinski definition) is 20. The summed E-state index contributed by atoms with van der Waals surface area (Å²) >= 11 is 0. The Balaban J connectivity index is -0.000000174. The molecule has 0 aliphatic carbocycles. The van der Waals surface area contributed by atoms with Crippen molar-refractivity contribution in [2.24, 2.45) is 0 Å². The van der Waals surface area contributed by atoms with Gasteiger partial charge in [-0.05, 0) is 0 Å². The standard InChI is InChI=1S/4C7H12O5.Ti/c4*1-11-7(12-2)4-5(8)3-6(9)10;/h4*7H,3-4H2,1-2H3,(H,9,10);/q;;;;+4/p-4. The van der Waals surface area contributed by atoms with E-state index in [1.165, 1.54) is 56.9 Å². The van der Waals surface area contributed by atoms with Crippen LogP contribution in [-0.2, 0) is 98.0 Å². The van der Waals surface area contributed by atoms with Crippen LogP contribution >= 0.6 is 0 Å². The zero-order valence-corrected chi connectivity index (χ0v) is 30.2. The molecule has 20 nitrogen and oxygen atoms in total. The number of hydrogen-bond donors (Lipinski definition) is 0. The molecule has 0 aliphatic heterocycles. The Labute approximate surface area is 298 Å². The summed E-state index contributed by atoms with van der Waals surface area (Å²) in [5.41, 5.74) is 0. The maximum Gasteiger partial charge on any atom is 4.00 e. The molecule has 0 aromatic carbocycles. The first-order valence-corrected chi connectivity index (χ1v) is 13.5. The molecule has 0 saturated heterocycles. The summed E-state index contributed by atoms with van der Waals surface area (Å²) in [6.07, 6.45) is -5.33. The van der Waals surface area contributed by atoms with Gasteiger partial charge in [0, 0.05) is 106 Å². The Morgan fingerprint density at radius 3 is 0.551 bits per heavy atom. The van der Waals surface area contributed by atoms with Gasteiger partial charge in [0.05, 0.1) is 25.7 Å². The van der Waals surface area contributed by atoms with E-state index in [-0.39, 0.29) is 47.4 Å². The van der Waals surface area contributed by atoms with E-state index in [4.69, 9.17) is 37.9 Å². The Morgan fingerprint density at radius 2 is 0.469 bits per heavy atom. The van der Waals surface area contributed by atoms with Gasteiger partial charge in [-0.2, -0.15) is 0 Å². The summed E-state index contributed by atoms with van der Waals surface area (Å²) in [4.78, 5) is 83.0. The maximum atomic E-state index is 10.8.